The lowest BCUT2D eigenvalue weighted by Crippen LogP contribution is -2.33. The molecule has 7 heteroatoms. The average molecular weight is 463 g/mol. The molecule has 0 aromatic heterocycles. The van der Waals surface area contributed by atoms with E-state index in [1.165, 1.54) is 19.9 Å². The van der Waals surface area contributed by atoms with E-state index >= 15 is 0 Å². The molecule has 0 saturated heterocycles. The topological polar surface area (TPSA) is 107 Å². The first-order valence-corrected chi connectivity index (χ1v) is 11.7. The van der Waals surface area contributed by atoms with Crippen molar-refractivity contribution in [1.29, 1.82) is 0 Å². The minimum absolute atomic E-state index is 0.0342. The van der Waals surface area contributed by atoms with Gasteiger partial charge in [0, 0.05) is 24.8 Å². The standard InChI is InChI=1S/C26H38O7/c1-7-8-9-10-22(25(30)31)17(2)13-14-26(5,6)24(33-19(4)28)12-11-20-15-21(29)16-23(20)32-18(3)27/h15,17,22-24H,7-10,13-14,16H2,1-6H3,(H,30,31). The maximum atomic E-state index is 11.8. The summed E-state index contributed by atoms with van der Waals surface area (Å²) in [5, 5.41) is 9.65. The van der Waals surface area contributed by atoms with E-state index in [0.29, 0.717) is 24.8 Å². The lowest BCUT2D eigenvalue weighted by atomic mass is 9.77. The number of ether oxygens (including phenoxy) is 2. The first-order valence-electron chi connectivity index (χ1n) is 11.7. The van der Waals surface area contributed by atoms with Crippen molar-refractivity contribution in [2.45, 2.75) is 98.7 Å². The smallest absolute Gasteiger partial charge is 0.306 e. The maximum absolute atomic E-state index is 11.8. The van der Waals surface area contributed by atoms with E-state index in [0.717, 1.165) is 19.3 Å². The van der Waals surface area contributed by atoms with E-state index in [1.807, 2.05) is 20.8 Å². The molecular weight excluding hydrogens is 424 g/mol. The zero-order chi connectivity index (χ0) is 25.2. The summed E-state index contributed by atoms with van der Waals surface area (Å²) >= 11 is 0. The molecule has 0 radical (unpaired) electrons. The Kier molecular flexibility index (Phi) is 11.3. The third-order valence-electron chi connectivity index (χ3n) is 6.07. The van der Waals surface area contributed by atoms with Gasteiger partial charge in [-0.15, -0.1) is 0 Å². The summed E-state index contributed by atoms with van der Waals surface area (Å²) < 4.78 is 10.7. The predicted octanol–water partition coefficient (Wildman–Crippen LogP) is 4.48. The van der Waals surface area contributed by atoms with Crippen molar-refractivity contribution in [3.8, 4) is 11.8 Å². The number of carboxylic acids is 1. The van der Waals surface area contributed by atoms with Crippen molar-refractivity contribution in [3.63, 3.8) is 0 Å². The molecule has 4 atom stereocenters. The summed E-state index contributed by atoms with van der Waals surface area (Å²) in [6.07, 6.45) is 4.76. The second-order valence-electron chi connectivity index (χ2n) is 9.57. The van der Waals surface area contributed by atoms with Crippen LogP contribution in [0, 0.1) is 29.1 Å². The van der Waals surface area contributed by atoms with Crippen LogP contribution in [0.15, 0.2) is 11.6 Å². The predicted molar refractivity (Wildman–Crippen MR) is 124 cm³/mol. The maximum Gasteiger partial charge on any atom is 0.306 e. The first kappa shape index (κ1) is 28.4. The fourth-order valence-electron chi connectivity index (χ4n) is 3.94. The minimum atomic E-state index is -0.776. The Morgan fingerprint density at radius 1 is 1.18 bits per heavy atom. The summed E-state index contributed by atoms with van der Waals surface area (Å²) in [5.74, 6) is 3.46. The van der Waals surface area contributed by atoms with Crippen LogP contribution < -0.4 is 0 Å². The Hall–Kier alpha value is -2.62. The number of carbonyl (C=O) groups is 4. The summed E-state index contributed by atoms with van der Waals surface area (Å²) in [5.41, 5.74) is -0.169. The van der Waals surface area contributed by atoms with E-state index in [-0.39, 0.29) is 18.1 Å². The second-order valence-corrected chi connectivity index (χ2v) is 9.57. The molecule has 1 aliphatic carbocycles. The lowest BCUT2D eigenvalue weighted by molar-refractivity contribution is -0.148. The Morgan fingerprint density at radius 2 is 1.85 bits per heavy atom. The van der Waals surface area contributed by atoms with Gasteiger partial charge in [-0.2, -0.15) is 0 Å². The van der Waals surface area contributed by atoms with Crippen LogP contribution >= 0.6 is 0 Å². The number of carbonyl (C=O) groups excluding carboxylic acids is 3. The Labute approximate surface area is 197 Å². The zero-order valence-electron chi connectivity index (χ0n) is 20.7. The van der Waals surface area contributed by atoms with Crippen LogP contribution in [0.5, 0.6) is 0 Å². The Balaban J connectivity index is 2.96. The molecule has 0 aromatic carbocycles. The van der Waals surface area contributed by atoms with E-state index in [4.69, 9.17) is 9.47 Å². The second kappa shape index (κ2) is 13.2. The summed E-state index contributed by atoms with van der Waals surface area (Å²) in [4.78, 5) is 46.6. The highest BCUT2D eigenvalue weighted by atomic mass is 16.5. The first-order chi connectivity index (χ1) is 15.4. The normalized spacial score (nSPS) is 18.4. The van der Waals surface area contributed by atoms with Gasteiger partial charge in [-0.25, -0.2) is 0 Å². The number of hydrogen-bond acceptors (Lipinski definition) is 6. The summed E-state index contributed by atoms with van der Waals surface area (Å²) in [6, 6.07) is 0. The van der Waals surface area contributed by atoms with Crippen LogP contribution in [0.2, 0.25) is 0 Å². The van der Waals surface area contributed by atoms with Gasteiger partial charge in [0.25, 0.3) is 0 Å². The third kappa shape index (κ3) is 9.81. The third-order valence-corrected chi connectivity index (χ3v) is 6.07. The molecule has 0 heterocycles. The molecule has 4 unspecified atom stereocenters. The number of unbranched alkanes of at least 4 members (excludes halogenated alkanes) is 2. The van der Waals surface area contributed by atoms with Crippen LogP contribution in [-0.2, 0) is 28.7 Å². The van der Waals surface area contributed by atoms with Gasteiger partial charge in [0.1, 0.15) is 6.10 Å². The van der Waals surface area contributed by atoms with Crippen molar-refractivity contribution in [3.05, 3.63) is 11.6 Å². The number of ketones is 1. The molecule has 7 nitrogen and oxygen atoms in total. The van der Waals surface area contributed by atoms with Crippen molar-refractivity contribution >= 4 is 23.7 Å². The number of carboxylic acid groups (broad SMARTS) is 1. The lowest BCUT2D eigenvalue weighted by Gasteiger charge is -2.32. The van der Waals surface area contributed by atoms with Crippen LogP contribution in [-0.4, -0.2) is 41.0 Å². The molecular formula is C26H38O7. The van der Waals surface area contributed by atoms with Gasteiger partial charge in [0.2, 0.25) is 0 Å². The van der Waals surface area contributed by atoms with Crippen LogP contribution in [0.3, 0.4) is 0 Å². The molecule has 0 aliphatic heterocycles. The van der Waals surface area contributed by atoms with Gasteiger partial charge >= 0.3 is 17.9 Å². The number of rotatable bonds is 12. The van der Waals surface area contributed by atoms with Gasteiger partial charge < -0.3 is 14.6 Å². The van der Waals surface area contributed by atoms with Crippen molar-refractivity contribution in [2.24, 2.45) is 17.3 Å². The number of hydrogen-bond donors (Lipinski definition) is 1. The van der Waals surface area contributed by atoms with Crippen molar-refractivity contribution in [1.82, 2.24) is 0 Å². The van der Waals surface area contributed by atoms with Gasteiger partial charge in [-0.3, -0.25) is 19.2 Å². The highest BCUT2D eigenvalue weighted by Crippen LogP contribution is 2.34. The molecule has 1 aliphatic rings. The number of aliphatic carboxylic acids is 1. The van der Waals surface area contributed by atoms with Gasteiger partial charge in [0.15, 0.2) is 11.9 Å². The van der Waals surface area contributed by atoms with E-state index in [2.05, 4.69) is 18.8 Å². The summed E-state index contributed by atoms with van der Waals surface area (Å²) in [6.45, 7) is 10.5. The molecule has 0 aromatic rings. The summed E-state index contributed by atoms with van der Waals surface area (Å²) in [7, 11) is 0. The van der Waals surface area contributed by atoms with Crippen molar-refractivity contribution in [2.75, 3.05) is 0 Å². The van der Waals surface area contributed by atoms with E-state index in [1.54, 1.807) is 0 Å². The fraction of sp³-hybridized carbons (Fsp3) is 0.692. The molecule has 0 amide bonds. The molecule has 33 heavy (non-hydrogen) atoms. The molecule has 0 saturated carbocycles. The SMILES string of the molecule is CCCCCC(C(=O)O)C(C)CCC(C)(C)C(C#CC1=CC(=O)CC1OC(C)=O)OC(C)=O. The van der Waals surface area contributed by atoms with Gasteiger partial charge in [-0.1, -0.05) is 58.8 Å². The van der Waals surface area contributed by atoms with Gasteiger partial charge in [-0.05, 0) is 31.3 Å². The molecule has 0 spiro atoms. The monoisotopic (exact) mass is 462 g/mol. The van der Waals surface area contributed by atoms with Crippen LogP contribution in [0.25, 0.3) is 0 Å². The molecule has 0 fully saturated rings. The highest BCUT2D eigenvalue weighted by molar-refractivity contribution is 5.95. The Bertz CT molecular complexity index is 812. The largest absolute Gasteiger partial charge is 0.481 e. The molecule has 1 N–H and O–H groups in total. The van der Waals surface area contributed by atoms with Crippen LogP contribution in [0.1, 0.15) is 86.5 Å². The van der Waals surface area contributed by atoms with Gasteiger partial charge in [0.05, 0.1) is 12.3 Å². The molecule has 0 bridgehead atoms. The quantitative estimate of drug-likeness (QED) is 0.259. The zero-order valence-corrected chi connectivity index (χ0v) is 20.7. The van der Waals surface area contributed by atoms with E-state index in [9.17, 15) is 24.3 Å². The molecule has 1 rings (SSSR count). The van der Waals surface area contributed by atoms with E-state index < -0.39 is 41.4 Å². The Morgan fingerprint density at radius 3 is 2.39 bits per heavy atom. The van der Waals surface area contributed by atoms with Crippen molar-refractivity contribution < 1.29 is 33.8 Å². The number of esters is 2. The fourth-order valence-corrected chi connectivity index (χ4v) is 3.94. The average Bonchev–Trinajstić information content (AvgIpc) is 3.04. The minimum Gasteiger partial charge on any atom is -0.481 e. The highest BCUT2D eigenvalue weighted by Gasteiger charge is 2.34. The molecule has 184 valence electrons. The number of allylic oxidation sites excluding steroid dienone is 1. The van der Waals surface area contributed by atoms with Crippen LogP contribution in [0.4, 0.5) is 0 Å².